The molecular formula is C9H14O2. The van der Waals surface area contributed by atoms with Gasteiger partial charge in [-0.05, 0) is 6.42 Å². The standard InChI is InChI=1S/C5H8O2.C4H6/c1-3-4(2)5(6)7;1-3-4-2/h2-3H2,1H3,(H,6,7);3-4H,1-2H2. The van der Waals surface area contributed by atoms with Crippen LogP contribution >= 0.6 is 0 Å². The summed E-state index contributed by atoms with van der Waals surface area (Å²) in [6.07, 6.45) is 3.80. The van der Waals surface area contributed by atoms with Crippen molar-refractivity contribution in [2.24, 2.45) is 0 Å². The van der Waals surface area contributed by atoms with Gasteiger partial charge >= 0.3 is 5.97 Å². The van der Waals surface area contributed by atoms with Crippen molar-refractivity contribution < 1.29 is 9.90 Å². The van der Waals surface area contributed by atoms with Gasteiger partial charge in [0.2, 0.25) is 0 Å². The van der Waals surface area contributed by atoms with Crippen molar-refractivity contribution in [2.45, 2.75) is 13.3 Å². The van der Waals surface area contributed by atoms with Gasteiger partial charge in [0, 0.05) is 5.57 Å². The fraction of sp³-hybridized carbons (Fsp3) is 0.222. The monoisotopic (exact) mass is 154 g/mol. The van der Waals surface area contributed by atoms with Crippen molar-refractivity contribution in [2.75, 3.05) is 0 Å². The summed E-state index contributed by atoms with van der Waals surface area (Å²) < 4.78 is 0. The molecule has 11 heavy (non-hydrogen) atoms. The summed E-state index contributed by atoms with van der Waals surface area (Å²) in [5.41, 5.74) is 0.264. The molecule has 1 N–H and O–H groups in total. The van der Waals surface area contributed by atoms with Gasteiger partial charge in [0.1, 0.15) is 0 Å². The lowest BCUT2D eigenvalue weighted by Gasteiger charge is -1.87. The van der Waals surface area contributed by atoms with Crippen molar-refractivity contribution in [1.82, 2.24) is 0 Å². The summed E-state index contributed by atoms with van der Waals surface area (Å²) in [5.74, 6) is -0.900. The number of hydrogen-bond acceptors (Lipinski definition) is 1. The van der Waals surface area contributed by atoms with Crippen LogP contribution in [0.2, 0.25) is 0 Å². The van der Waals surface area contributed by atoms with Crippen LogP contribution in [0.15, 0.2) is 37.5 Å². The van der Waals surface area contributed by atoms with E-state index in [4.69, 9.17) is 5.11 Å². The largest absolute Gasteiger partial charge is 0.478 e. The zero-order valence-electron chi connectivity index (χ0n) is 6.84. The van der Waals surface area contributed by atoms with Gasteiger partial charge in [0.05, 0.1) is 0 Å². The van der Waals surface area contributed by atoms with Gasteiger partial charge in [-0.2, -0.15) is 0 Å². The third-order valence-corrected chi connectivity index (χ3v) is 0.896. The molecule has 2 nitrogen and oxygen atoms in total. The lowest BCUT2D eigenvalue weighted by atomic mass is 10.2. The van der Waals surface area contributed by atoms with Crippen LogP contribution in [0.4, 0.5) is 0 Å². The van der Waals surface area contributed by atoms with E-state index >= 15 is 0 Å². The molecule has 62 valence electrons. The molecule has 0 heterocycles. The van der Waals surface area contributed by atoms with Gasteiger partial charge in [0.25, 0.3) is 0 Å². The van der Waals surface area contributed by atoms with Gasteiger partial charge in [-0.25, -0.2) is 4.79 Å². The highest BCUT2D eigenvalue weighted by atomic mass is 16.4. The number of carboxylic acids is 1. The number of allylic oxidation sites excluding steroid dienone is 2. The minimum Gasteiger partial charge on any atom is -0.478 e. The summed E-state index contributed by atoms with van der Waals surface area (Å²) in [7, 11) is 0. The molecule has 0 aliphatic heterocycles. The summed E-state index contributed by atoms with van der Waals surface area (Å²) in [6.45, 7) is 11.8. The number of rotatable bonds is 3. The molecule has 0 saturated carbocycles. The SMILES string of the molecule is C=C(CC)C(=O)O.C=CC=C. The van der Waals surface area contributed by atoms with E-state index in [1.54, 1.807) is 19.1 Å². The predicted octanol–water partition coefficient (Wildman–Crippen LogP) is 2.40. The van der Waals surface area contributed by atoms with Gasteiger partial charge in [0.15, 0.2) is 0 Å². The first-order valence-electron chi connectivity index (χ1n) is 3.24. The summed E-state index contributed by atoms with van der Waals surface area (Å²) in [4.78, 5) is 9.83. The Hall–Kier alpha value is -1.31. The molecule has 0 rings (SSSR count). The summed E-state index contributed by atoms with van der Waals surface area (Å²) in [6, 6.07) is 0. The van der Waals surface area contributed by atoms with E-state index in [-0.39, 0.29) is 5.57 Å². The van der Waals surface area contributed by atoms with E-state index in [2.05, 4.69) is 19.7 Å². The molecule has 0 aliphatic carbocycles. The number of hydrogen-bond donors (Lipinski definition) is 1. The maximum atomic E-state index is 9.83. The highest BCUT2D eigenvalue weighted by Gasteiger charge is 1.96. The molecule has 0 atom stereocenters. The van der Waals surface area contributed by atoms with Gasteiger partial charge in [-0.3, -0.25) is 0 Å². The zero-order valence-corrected chi connectivity index (χ0v) is 6.84. The number of carbonyl (C=O) groups is 1. The summed E-state index contributed by atoms with van der Waals surface area (Å²) in [5, 5.41) is 8.08. The molecule has 0 aromatic rings. The van der Waals surface area contributed by atoms with Gasteiger partial charge in [-0.15, -0.1) is 0 Å². The van der Waals surface area contributed by atoms with Crippen LogP contribution in [0.5, 0.6) is 0 Å². The molecule has 0 aliphatic rings. The summed E-state index contributed by atoms with van der Waals surface area (Å²) >= 11 is 0. The lowest BCUT2D eigenvalue weighted by molar-refractivity contribution is -0.132. The molecule has 0 unspecified atom stereocenters. The molecule has 0 aromatic carbocycles. The Morgan fingerprint density at radius 1 is 1.45 bits per heavy atom. The normalized spacial score (nSPS) is 7.00. The minimum atomic E-state index is -0.900. The predicted molar refractivity (Wildman–Crippen MR) is 47.5 cm³/mol. The first kappa shape index (κ1) is 12.4. The smallest absolute Gasteiger partial charge is 0.330 e. The molecule has 0 spiro atoms. The van der Waals surface area contributed by atoms with Gasteiger partial charge < -0.3 is 5.11 Å². The van der Waals surface area contributed by atoms with Crippen LogP contribution in [-0.4, -0.2) is 11.1 Å². The van der Waals surface area contributed by atoms with Crippen LogP contribution in [0.25, 0.3) is 0 Å². The Labute approximate surface area is 67.6 Å². The van der Waals surface area contributed by atoms with Crippen LogP contribution in [0.1, 0.15) is 13.3 Å². The lowest BCUT2D eigenvalue weighted by Crippen LogP contribution is -1.95. The quantitative estimate of drug-likeness (QED) is 0.500. The minimum absolute atomic E-state index is 0.264. The fourth-order valence-corrected chi connectivity index (χ4v) is 0.151. The van der Waals surface area contributed by atoms with Crippen molar-refractivity contribution in [3.05, 3.63) is 37.5 Å². The molecule has 0 saturated heterocycles. The second-order valence-electron chi connectivity index (χ2n) is 1.73. The Balaban J connectivity index is 0. The van der Waals surface area contributed by atoms with Crippen molar-refractivity contribution in [1.29, 1.82) is 0 Å². The molecule has 2 heteroatoms. The van der Waals surface area contributed by atoms with E-state index in [0.29, 0.717) is 6.42 Å². The first-order valence-corrected chi connectivity index (χ1v) is 3.24. The van der Waals surface area contributed by atoms with E-state index in [1.807, 2.05) is 0 Å². The molecule has 0 bridgehead atoms. The van der Waals surface area contributed by atoms with E-state index in [9.17, 15) is 4.79 Å². The second-order valence-corrected chi connectivity index (χ2v) is 1.73. The Morgan fingerprint density at radius 2 is 1.82 bits per heavy atom. The Morgan fingerprint density at radius 3 is 1.82 bits per heavy atom. The first-order chi connectivity index (χ1) is 5.09. The molecule has 0 aromatic heterocycles. The third kappa shape index (κ3) is 12.0. The van der Waals surface area contributed by atoms with Crippen LogP contribution < -0.4 is 0 Å². The third-order valence-electron chi connectivity index (χ3n) is 0.896. The van der Waals surface area contributed by atoms with Crippen molar-refractivity contribution in [3.63, 3.8) is 0 Å². The molecule has 0 amide bonds. The van der Waals surface area contributed by atoms with E-state index in [1.165, 1.54) is 0 Å². The highest BCUT2D eigenvalue weighted by Crippen LogP contribution is 1.93. The van der Waals surface area contributed by atoms with Crippen LogP contribution in [0.3, 0.4) is 0 Å². The second kappa shape index (κ2) is 8.69. The topological polar surface area (TPSA) is 37.3 Å². The number of carboxylic acid groups (broad SMARTS) is 1. The average Bonchev–Trinajstić information content (AvgIpc) is 2.03. The fourth-order valence-electron chi connectivity index (χ4n) is 0.151. The highest BCUT2D eigenvalue weighted by molar-refractivity contribution is 5.85. The molecular weight excluding hydrogens is 140 g/mol. The maximum absolute atomic E-state index is 9.83. The van der Waals surface area contributed by atoms with Crippen LogP contribution in [-0.2, 0) is 4.79 Å². The zero-order chi connectivity index (χ0) is 9.28. The Kier molecular flexibility index (Phi) is 9.78. The average molecular weight is 154 g/mol. The van der Waals surface area contributed by atoms with E-state index in [0.717, 1.165) is 0 Å². The van der Waals surface area contributed by atoms with Gasteiger partial charge in [-0.1, -0.05) is 38.8 Å². The number of aliphatic carboxylic acids is 1. The van der Waals surface area contributed by atoms with Crippen molar-refractivity contribution >= 4 is 5.97 Å². The Bertz CT molecular complexity index is 151. The van der Waals surface area contributed by atoms with Crippen molar-refractivity contribution in [3.8, 4) is 0 Å². The van der Waals surface area contributed by atoms with Crippen LogP contribution in [0, 0.1) is 0 Å². The maximum Gasteiger partial charge on any atom is 0.330 e. The van der Waals surface area contributed by atoms with E-state index < -0.39 is 5.97 Å². The molecule has 0 fully saturated rings. The molecule has 0 radical (unpaired) electrons.